The van der Waals surface area contributed by atoms with E-state index in [1.54, 1.807) is 18.3 Å². The molecular weight excluding hydrogens is 511 g/mol. The van der Waals surface area contributed by atoms with Gasteiger partial charge in [0.2, 0.25) is 0 Å². The Morgan fingerprint density at radius 1 is 1.18 bits per heavy atom. The number of hydrogen-bond acceptors (Lipinski definition) is 8. The third-order valence-corrected chi connectivity index (χ3v) is 9.74. The highest BCUT2D eigenvalue weighted by molar-refractivity contribution is 8.26. The van der Waals surface area contributed by atoms with Gasteiger partial charge in [0, 0.05) is 11.1 Å². The number of aromatic nitrogens is 2. The van der Waals surface area contributed by atoms with Gasteiger partial charge in [-0.25, -0.2) is 13.4 Å². The number of fused-ring (bicyclic) bond motifs is 1. The van der Waals surface area contributed by atoms with Crippen molar-refractivity contribution in [3.8, 4) is 0 Å². The Balaban J connectivity index is 1.58. The number of aryl methyl sites for hydroxylation is 1. The highest BCUT2D eigenvalue weighted by atomic mass is 32.2. The number of nitrogens with zero attached hydrogens (tertiary/aromatic N) is 3. The van der Waals surface area contributed by atoms with Crippen LogP contribution in [0.4, 0.5) is 0 Å². The Hall–Kier alpha value is -2.47. The maximum absolute atomic E-state index is 13.4. The molecule has 1 aromatic carbocycles. The minimum atomic E-state index is -3.18. The van der Waals surface area contributed by atoms with Crippen LogP contribution in [0.3, 0.4) is 0 Å². The van der Waals surface area contributed by atoms with Crippen LogP contribution >= 0.6 is 35.7 Å². The second kappa shape index (κ2) is 8.95. The molecule has 0 aliphatic carbocycles. The number of benzene rings is 1. The van der Waals surface area contributed by atoms with Crippen LogP contribution in [0.2, 0.25) is 0 Å². The summed E-state index contributed by atoms with van der Waals surface area (Å²) in [5.41, 5.74) is 1.61. The van der Waals surface area contributed by atoms with Crippen molar-refractivity contribution in [1.82, 2.24) is 14.3 Å². The molecule has 5 rings (SSSR count). The summed E-state index contributed by atoms with van der Waals surface area (Å²) in [6.07, 6.45) is 3.53. The van der Waals surface area contributed by atoms with Gasteiger partial charge in [-0.1, -0.05) is 59.5 Å². The SMILES string of the molecule is Cc1ccc(Sc2nc3ccccn3c(=O)c2C=C2SC(=S)N(C3CCS(=O)(=O)C3)C2=O)cc1. The number of hydrogen-bond donors (Lipinski definition) is 0. The molecule has 7 nitrogen and oxygen atoms in total. The van der Waals surface area contributed by atoms with E-state index >= 15 is 0 Å². The molecule has 0 N–H and O–H groups in total. The molecule has 2 aromatic heterocycles. The number of carbonyl (C=O) groups is 1. The highest BCUT2D eigenvalue weighted by Crippen LogP contribution is 2.37. The first-order valence-corrected chi connectivity index (χ1v) is 14.3. The summed E-state index contributed by atoms with van der Waals surface area (Å²) in [4.78, 5) is 33.9. The molecule has 1 unspecified atom stereocenters. The topological polar surface area (TPSA) is 88.8 Å². The fourth-order valence-corrected chi connectivity index (χ4v) is 7.88. The molecule has 11 heteroatoms. The molecule has 0 radical (unpaired) electrons. The molecule has 4 heterocycles. The zero-order valence-electron chi connectivity index (χ0n) is 18.0. The predicted octanol–water partition coefficient (Wildman–Crippen LogP) is 3.54. The number of carbonyl (C=O) groups excluding carboxylic acids is 1. The van der Waals surface area contributed by atoms with E-state index in [2.05, 4.69) is 0 Å². The summed E-state index contributed by atoms with van der Waals surface area (Å²) < 4.78 is 25.6. The second-order valence-corrected chi connectivity index (χ2v) is 13.1. The summed E-state index contributed by atoms with van der Waals surface area (Å²) in [5.74, 6) is -0.427. The molecule has 3 aromatic rings. The first-order valence-electron chi connectivity index (χ1n) is 10.5. The monoisotopic (exact) mass is 529 g/mol. The van der Waals surface area contributed by atoms with Gasteiger partial charge in [-0.05, 0) is 43.7 Å². The van der Waals surface area contributed by atoms with Gasteiger partial charge in [0.25, 0.3) is 11.5 Å². The minimum absolute atomic E-state index is 0.0427. The van der Waals surface area contributed by atoms with Crippen molar-refractivity contribution in [3.63, 3.8) is 0 Å². The third-order valence-electron chi connectivity index (χ3n) is 5.64. The van der Waals surface area contributed by atoms with Crippen molar-refractivity contribution in [3.05, 3.63) is 75.0 Å². The zero-order chi connectivity index (χ0) is 24.0. The first-order chi connectivity index (χ1) is 16.2. The van der Waals surface area contributed by atoms with E-state index < -0.39 is 15.9 Å². The Morgan fingerprint density at radius 3 is 2.65 bits per heavy atom. The number of thiocarbonyl (C=S) groups is 1. The Labute approximate surface area is 210 Å². The van der Waals surface area contributed by atoms with Gasteiger partial charge < -0.3 is 0 Å². The summed E-state index contributed by atoms with van der Waals surface area (Å²) >= 11 is 7.84. The van der Waals surface area contributed by atoms with Crippen molar-refractivity contribution in [2.45, 2.75) is 29.3 Å². The molecule has 2 aliphatic rings. The molecule has 34 heavy (non-hydrogen) atoms. The van der Waals surface area contributed by atoms with Gasteiger partial charge in [0.05, 0.1) is 28.0 Å². The van der Waals surface area contributed by atoms with Crippen LogP contribution in [0.1, 0.15) is 17.5 Å². The fourth-order valence-electron chi connectivity index (χ4n) is 3.91. The van der Waals surface area contributed by atoms with Gasteiger partial charge in [-0.3, -0.25) is 18.9 Å². The van der Waals surface area contributed by atoms with E-state index in [-0.39, 0.29) is 33.4 Å². The first kappa shape index (κ1) is 23.3. The van der Waals surface area contributed by atoms with Crippen LogP contribution in [0.5, 0.6) is 0 Å². The van der Waals surface area contributed by atoms with Gasteiger partial charge in [-0.2, -0.15) is 0 Å². The lowest BCUT2D eigenvalue weighted by Gasteiger charge is -2.20. The van der Waals surface area contributed by atoms with Crippen LogP contribution in [0, 0.1) is 6.92 Å². The summed E-state index contributed by atoms with van der Waals surface area (Å²) in [5, 5.41) is 0.480. The average molecular weight is 530 g/mol. The normalized spacial score (nSPS) is 21.1. The lowest BCUT2D eigenvalue weighted by Crippen LogP contribution is -2.39. The number of rotatable bonds is 4. The molecule has 1 amide bonds. The van der Waals surface area contributed by atoms with Crippen LogP contribution in [0.15, 0.2) is 68.3 Å². The second-order valence-electron chi connectivity index (χ2n) is 8.09. The lowest BCUT2D eigenvalue weighted by atomic mass is 10.2. The maximum atomic E-state index is 13.4. The molecule has 0 bridgehead atoms. The molecule has 0 spiro atoms. The number of sulfone groups is 1. The van der Waals surface area contributed by atoms with E-state index in [4.69, 9.17) is 17.2 Å². The summed E-state index contributed by atoms with van der Waals surface area (Å²) in [6.45, 7) is 2.00. The van der Waals surface area contributed by atoms with Crippen LogP contribution in [-0.2, 0) is 14.6 Å². The van der Waals surface area contributed by atoms with E-state index in [0.29, 0.717) is 21.4 Å². The van der Waals surface area contributed by atoms with E-state index in [1.165, 1.54) is 27.1 Å². The fraction of sp³-hybridized carbons (Fsp3) is 0.217. The Morgan fingerprint density at radius 2 is 1.94 bits per heavy atom. The number of amides is 1. The smallest absolute Gasteiger partial charge is 0.266 e. The molecule has 2 aliphatic heterocycles. The van der Waals surface area contributed by atoms with Crippen LogP contribution in [0.25, 0.3) is 11.7 Å². The predicted molar refractivity (Wildman–Crippen MR) is 139 cm³/mol. The maximum Gasteiger partial charge on any atom is 0.266 e. The van der Waals surface area contributed by atoms with E-state index in [9.17, 15) is 18.0 Å². The molecule has 2 saturated heterocycles. The van der Waals surface area contributed by atoms with Crippen molar-refractivity contribution < 1.29 is 13.2 Å². The van der Waals surface area contributed by atoms with E-state index in [0.717, 1.165) is 22.2 Å². The van der Waals surface area contributed by atoms with Crippen LogP contribution < -0.4 is 5.56 Å². The number of pyridine rings is 1. The summed E-state index contributed by atoms with van der Waals surface area (Å²) in [6, 6.07) is 12.7. The van der Waals surface area contributed by atoms with Crippen molar-refractivity contribution in [2.24, 2.45) is 0 Å². The number of thioether (sulfide) groups is 1. The zero-order valence-corrected chi connectivity index (χ0v) is 21.3. The Kier molecular flexibility index (Phi) is 6.13. The quantitative estimate of drug-likeness (QED) is 0.288. The van der Waals surface area contributed by atoms with Crippen LogP contribution in [-0.4, -0.2) is 50.5 Å². The van der Waals surface area contributed by atoms with Crippen molar-refractivity contribution in [1.29, 1.82) is 0 Å². The van der Waals surface area contributed by atoms with Gasteiger partial charge in [-0.15, -0.1) is 0 Å². The standard InChI is InChI=1S/C23H19N3O4S4/c1-14-5-7-16(8-6-14)32-20-17(21(27)25-10-3-2-4-19(25)24-20)12-18-22(28)26(23(31)33-18)15-9-11-34(29,30)13-15/h2-8,10,12,15H,9,11,13H2,1H3. The highest BCUT2D eigenvalue weighted by Gasteiger charge is 2.42. The Bertz CT molecular complexity index is 1530. The molecule has 0 saturated carbocycles. The lowest BCUT2D eigenvalue weighted by molar-refractivity contribution is -0.123. The van der Waals surface area contributed by atoms with Crippen molar-refractivity contribution in [2.75, 3.05) is 11.5 Å². The largest absolute Gasteiger partial charge is 0.289 e. The molecule has 174 valence electrons. The molecular formula is C23H19N3O4S4. The summed E-state index contributed by atoms with van der Waals surface area (Å²) in [7, 11) is -3.18. The van der Waals surface area contributed by atoms with Gasteiger partial charge >= 0.3 is 0 Å². The third kappa shape index (κ3) is 4.45. The minimum Gasteiger partial charge on any atom is -0.289 e. The van der Waals surface area contributed by atoms with E-state index in [1.807, 2.05) is 37.3 Å². The molecule has 1 atom stereocenters. The van der Waals surface area contributed by atoms with Gasteiger partial charge in [0.15, 0.2) is 9.84 Å². The molecule has 2 fully saturated rings. The van der Waals surface area contributed by atoms with Crippen molar-refractivity contribution >= 4 is 67.5 Å². The average Bonchev–Trinajstić information content (AvgIpc) is 3.29. The van der Waals surface area contributed by atoms with Gasteiger partial charge in [0.1, 0.15) is 15.0 Å².